The molecule has 1 aliphatic heterocycles. The fourth-order valence-corrected chi connectivity index (χ4v) is 2.90. The molecule has 0 amide bonds. The Hall–Kier alpha value is -1.35. The van der Waals surface area contributed by atoms with Gasteiger partial charge in [-0.3, -0.25) is 4.79 Å². The first-order chi connectivity index (χ1) is 9.79. The van der Waals surface area contributed by atoms with Crippen LogP contribution in [0.3, 0.4) is 0 Å². The summed E-state index contributed by atoms with van der Waals surface area (Å²) in [5.41, 5.74) is 1.47. The lowest BCUT2D eigenvalue weighted by Crippen LogP contribution is -2.33. The third-order valence-electron chi connectivity index (χ3n) is 4.02. The Kier molecular flexibility index (Phi) is 6.06. The number of rotatable bonds is 6. The number of nitrogens with zero attached hydrogens (tertiary/aromatic N) is 1. The Bertz CT molecular complexity index is 397. The summed E-state index contributed by atoms with van der Waals surface area (Å²) in [6, 6.07) is 10.8. The molecule has 1 fully saturated rings. The zero-order valence-electron chi connectivity index (χ0n) is 12.4. The second-order valence-electron chi connectivity index (χ2n) is 5.44. The first-order valence-corrected chi connectivity index (χ1v) is 7.72. The van der Waals surface area contributed by atoms with Gasteiger partial charge >= 0.3 is 5.97 Å². The molecule has 1 aliphatic rings. The van der Waals surface area contributed by atoms with Gasteiger partial charge in [0.05, 0.1) is 6.61 Å². The monoisotopic (exact) mass is 275 g/mol. The fourth-order valence-electron chi connectivity index (χ4n) is 2.90. The molecule has 3 heteroatoms. The molecule has 0 aliphatic carbocycles. The van der Waals surface area contributed by atoms with E-state index in [1.54, 1.807) is 0 Å². The van der Waals surface area contributed by atoms with Gasteiger partial charge in [-0.05, 0) is 57.3 Å². The van der Waals surface area contributed by atoms with Gasteiger partial charge in [-0.25, -0.2) is 0 Å². The summed E-state index contributed by atoms with van der Waals surface area (Å²) in [4.78, 5) is 13.8. The number of benzene rings is 1. The van der Waals surface area contributed by atoms with Crippen LogP contribution in [0.15, 0.2) is 30.3 Å². The Morgan fingerprint density at radius 2 is 1.95 bits per heavy atom. The third-order valence-corrected chi connectivity index (χ3v) is 4.02. The summed E-state index contributed by atoms with van der Waals surface area (Å²) >= 11 is 0. The lowest BCUT2D eigenvalue weighted by molar-refractivity contribution is -0.143. The molecule has 0 aromatic heterocycles. The van der Waals surface area contributed by atoms with E-state index >= 15 is 0 Å². The maximum atomic E-state index is 11.3. The van der Waals surface area contributed by atoms with Crippen LogP contribution in [0.5, 0.6) is 0 Å². The quantitative estimate of drug-likeness (QED) is 0.747. The molecular formula is C17H25NO2. The van der Waals surface area contributed by atoms with Crippen molar-refractivity contribution in [2.45, 2.75) is 38.5 Å². The SMILES string of the molecule is CCOC(=O)CCCN1CCC(c2ccccc2)CC1. The van der Waals surface area contributed by atoms with Gasteiger partial charge in [0, 0.05) is 6.42 Å². The number of likely N-dealkylation sites (tertiary alicyclic amines) is 1. The molecular weight excluding hydrogens is 250 g/mol. The van der Waals surface area contributed by atoms with Crippen molar-refractivity contribution >= 4 is 5.97 Å². The zero-order chi connectivity index (χ0) is 14.2. The van der Waals surface area contributed by atoms with Gasteiger partial charge in [-0.2, -0.15) is 0 Å². The molecule has 0 radical (unpaired) electrons. The molecule has 0 atom stereocenters. The largest absolute Gasteiger partial charge is 0.466 e. The van der Waals surface area contributed by atoms with Crippen LogP contribution in [0.25, 0.3) is 0 Å². The number of carbonyl (C=O) groups excluding carboxylic acids is 1. The van der Waals surface area contributed by atoms with E-state index in [4.69, 9.17) is 4.74 Å². The molecule has 3 nitrogen and oxygen atoms in total. The van der Waals surface area contributed by atoms with E-state index in [1.807, 2.05) is 6.92 Å². The molecule has 1 heterocycles. The van der Waals surface area contributed by atoms with Gasteiger partial charge in [-0.15, -0.1) is 0 Å². The molecule has 0 N–H and O–H groups in total. The average molecular weight is 275 g/mol. The van der Waals surface area contributed by atoms with Crippen LogP contribution in [0.4, 0.5) is 0 Å². The van der Waals surface area contributed by atoms with Crippen LogP contribution in [-0.2, 0) is 9.53 Å². The van der Waals surface area contributed by atoms with E-state index in [0.717, 1.165) is 26.1 Å². The highest BCUT2D eigenvalue weighted by atomic mass is 16.5. The van der Waals surface area contributed by atoms with Crippen molar-refractivity contribution in [3.05, 3.63) is 35.9 Å². The van der Waals surface area contributed by atoms with E-state index in [0.29, 0.717) is 18.9 Å². The van der Waals surface area contributed by atoms with Gasteiger partial charge in [0.1, 0.15) is 0 Å². The van der Waals surface area contributed by atoms with E-state index in [2.05, 4.69) is 35.2 Å². The van der Waals surface area contributed by atoms with Gasteiger partial charge in [0.2, 0.25) is 0 Å². The van der Waals surface area contributed by atoms with Crippen molar-refractivity contribution in [2.75, 3.05) is 26.2 Å². The van der Waals surface area contributed by atoms with E-state index in [9.17, 15) is 4.79 Å². The standard InChI is InChI=1S/C17H25NO2/c1-2-20-17(19)9-6-12-18-13-10-16(11-14-18)15-7-4-3-5-8-15/h3-5,7-8,16H,2,6,9-14H2,1H3. The predicted octanol–water partition coefficient (Wildman–Crippen LogP) is 3.21. The summed E-state index contributed by atoms with van der Waals surface area (Å²) in [5.74, 6) is 0.643. The van der Waals surface area contributed by atoms with Crippen LogP contribution in [0, 0.1) is 0 Å². The molecule has 0 spiro atoms. The summed E-state index contributed by atoms with van der Waals surface area (Å²) in [7, 11) is 0. The Balaban J connectivity index is 1.66. The van der Waals surface area contributed by atoms with E-state index in [1.165, 1.54) is 18.4 Å². The maximum Gasteiger partial charge on any atom is 0.305 e. The van der Waals surface area contributed by atoms with Gasteiger partial charge in [0.15, 0.2) is 0 Å². The topological polar surface area (TPSA) is 29.5 Å². The molecule has 1 saturated heterocycles. The molecule has 20 heavy (non-hydrogen) atoms. The van der Waals surface area contributed by atoms with Crippen LogP contribution < -0.4 is 0 Å². The second kappa shape index (κ2) is 8.05. The second-order valence-corrected chi connectivity index (χ2v) is 5.44. The van der Waals surface area contributed by atoms with E-state index in [-0.39, 0.29) is 5.97 Å². The smallest absolute Gasteiger partial charge is 0.305 e. The molecule has 0 unspecified atom stereocenters. The lowest BCUT2D eigenvalue weighted by Gasteiger charge is -2.32. The van der Waals surface area contributed by atoms with Crippen molar-refractivity contribution in [1.29, 1.82) is 0 Å². The van der Waals surface area contributed by atoms with Crippen LogP contribution >= 0.6 is 0 Å². The lowest BCUT2D eigenvalue weighted by atomic mass is 9.89. The third kappa shape index (κ3) is 4.64. The predicted molar refractivity (Wildman–Crippen MR) is 80.7 cm³/mol. The van der Waals surface area contributed by atoms with Crippen molar-refractivity contribution in [3.8, 4) is 0 Å². The summed E-state index contributed by atoms with van der Waals surface area (Å²) in [6.45, 7) is 5.64. The maximum absolute atomic E-state index is 11.3. The number of hydrogen-bond donors (Lipinski definition) is 0. The van der Waals surface area contributed by atoms with Gasteiger partial charge in [0.25, 0.3) is 0 Å². The average Bonchev–Trinajstić information content (AvgIpc) is 2.49. The number of ether oxygens (including phenoxy) is 1. The molecule has 1 aromatic rings. The van der Waals surface area contributed by atoms with E-state index < -0.39 is 0 Å². The van der Waals surface area contributed by atoms with Crippen LogP contribution in [0.1, 0.15) is 44.1 Å². The fraction of sp³-hybridized carbons (Fsp3) is 0.588. The normalized spacial score (nSPS) is 17.1. The molecule has 0 bridgehead atoms. The number of piperidine rings is 1. The molecule has 1 aromatic carbocycles. The zero-order valence-corrected chi connectivity index (χ0v) is 12.4. The minimum Gasteiger partial charge on any atom is -0.466 e. The minimum atomic E-state index is -0.0633. The molecule has 110 valence electrons. The first kappa shape index (κ1) is 15.0. The van der Waals surface area contributed by atoms with Gasteiger partial charge in [-0.1, -0.05) is 30.3 Å². The van der Waals surface area contributed by atoms with Crippen LogP contribution in [0.2, 0.25) is 0 Å². The number of carbonyl (C=O) groups is 1. The first-order valence-electron chi connectivity index (χ1n) is 7.72. The highest BCUT2D eigenvalue weighted by Crippen LogP contribution is 2.27. The summed E-state index contributed by atoms with van der Waals surface area (Å²) in [5, 5.41) is 0. The van der Waals surface area contributed by atoms with Crippen molar-refractivity contribution < 1.29 is 9.53 Å². The molecule has 2 rings (SSSR count). The Morgan fingerprint density at radius 1 is 1.25 bits per heavy atom. The summed E-state index contributed by atoms with van der Waals surface area (Å²) in [6.07, 6.45) is 3.91. The van der Waals surface area contributed by atoms with Crippen molar-refractivity contribution in [1.82, 2.24) is 4.90 Å². The molecule has 0 saturated carbocycles. The van der Waals surface area contributed by atoms with Crippen LogP contribution in [-0.4, -0.2) is 37.1 Å². The highest BCUT2D eigenvalue weighted by molar-refractivity contribution is 5.69. The van der Waals surface area contributed by atoms with Crippen molar-refractivity contribution in [2.24, 2.45) is 0 Å². The van der Waals surface area contributed by atoms with Crippen molar-refractivity contribution in [3.63, 3.8) is 0 Å². The highest BCUT2D eigenvalue weighted by Gasteiger charge is 2.20. The minimum absolute atomic E-state index is 0.0633. The number of hydrogen-bond acceptors (Lipinski definition) is 3. The summed E-state index contributed by atoms with van der Waals surface area (Å²) < 4.78 is 4.95. The Morgan fingerprint density at radius 3 is 2.60 bits per heavy atom. The van der Waals surface area contributed by atoms with Gasteiger partial charge < -0.3 is 9.64 Å². The Labute approximate surface area is 121 Å². The number of esters is 1.